The van der Waals surface area contributed by atoms with E-state index in [1.807, 2.05) is 0 Å². The Morgan fingerprint density at radius 3 is 2.50 bits per heavy atom. The van der Waals surface area contributed by atoms with E-state index in [2.05, 4.69) is 8.75 Å². The maximum absolute atomic E-state index is 10.7. The third kappa shape index (κ3) is 2.33. The van der Waals surface area contributed by atoms with Crippen LogP contribution in [0.5, 0.6) is 0 Å². The minimum Gasteiger partial charge on any atom is -1.00 e. The van der Waals surface area contributed by atoms with Gasteiger partial charge >= 0.3 is 29.6 Å². The number of fused-ring (bicyclic) bond motifs is 1. The topological polar surface area (TPSA) is 116 Å². The van der Waals surface area contributed by atoms with E-state index in [4.69, 9.17) is 10.5 Å². The van der Waals surface area contributed by atoms with Gasteiger partial charge in [-0.15, -0.1) is 0 Å². The summed E-state index contributed by atoms with van der Waals surface area (Å²) in [5.41, 5.74) is 0.543. The zero-order valence-corrected chi connectivity index (χ0v) is 12.0. The second kappa shape index (κ2) is 5.85. The van der Waals surface area contributed by atoms with Crippen LogP contribution in [0.4, 0.5) is 5.69 Å². The van der Waals surface area contributed by atoms with Crippen LogP contribution in [0.15, 0.2) is 12.1 Å². The van der Waals surface area contributed by atoms with Crippen LogP contribution in [0.25, 0.3) is 11.0 Å². The predicted octanol–water partition coefficient (Wildman–Crippen LogP) is -1.15. The van der Waals surface area contributed by atoms with Crippen LogP contribution in [0, 0.1) is 32.8 Å². The van der Waals surface area contributed by atoms with Crippen molar-refractivity contribution >= 4 is 28.4 Å². The smallest absolute Gasteiger partial charge is 1.00 e. The largest absolute Gasteiger partial charge is 1.00 e. The first-order valence-electron chi connectivity index (χ1n) is 4.38. The minimum absolute atomic E-state index is 0. The summed E-state index contributed by atoms with van der Waals surface area (Å²) in [6.45, 7) is 0. The molecule has 0 N–H and O–H groups in total. The van der Waals surface area contributed by atoms with E-state index in [1.54, 1.807) is 12.1 Å². The third-order valence-corrected chi connectivity index (χ3v) is 2.72. The average Bonchev–Trinajstić information content (AvgIpc) is 2.79. The Morgan fingerprint density at radius 1 is 1.33 bits per heavy atom. The molecule has 7 nitrogen and oxygen atoms in total. The fourth-order valence-corrected chi connectivity index (χ4v) is 2.00. The summed E-state index contributed by atoms with van der Waals surface area (Å²) in [6, 6.07) is 6.22. The molecule has 1 aromatic carbocycles. The zero-order chi connectivity index (χ0) is 12.4. The van der Waals surface area contributed by atoms with Gasteiger partial charge in [-0.3, -0.25) is 10.1 Å². The number of aromatic nitrogens is 2. The Bertz CT molecular complexity index is 678. The molecule has 0 atom stereocenters. The minimum atomic E-state index is -0.998. The van der Waals surface area contributed by atoms with Gasteiger partial charge in [0, 0.05) is 11.6 Å². The van der Waals surface area contributed by atoms with E-state index >= 15 is 0 Å². The molecule has 0 amide bonds. The van der Waals surface area contributed by atoms with E-state index in [-0.39, 0.29) is 47.7 Å². The van der Waals surface area contributed by atoms with Gasteiger partial charge in [-0.05, 0) is 6.07 Å². The molecule has 0 bridgehead atoms. The van der Waals surface area contributed by atoms with Crippen molar-refractivity contribution in [2.45, 2.75) is 5.92 Å². The molecule has 0 saturated carbocycles. The molecule has 0 aliphatic heterocycles. The van der Waals surface area contributed by atoms with Gasteiger partial charge in [-0.25, -0.2) is 0 Å². The maximum Gasteiger partial charge on any atom is 1.00 e. The Balaban J connectivity index is 0.00000162. The van der Waals surface area contributed by atoms with E-state index in [0.717, 1.165) is 11.7 Å². The van der Waals surface area contributed by atoms with E-state index in [9.17, 15) is 10.1 Å². The van der Waals surface area contributed by atoms with Gasteiger partial charge in [0.25, 0.3) is 5.69 Å². The van der Waals surface area contributed by atoms with Crippen molar-refractivity contribution in [3.63, 3.8) is 0 Å². The number of rotatable bonds is 2. The number of non-ortho nitro benzene ring substituents is 1. The molecule has 84 valence electrons. The van der Waals surface area contributed by atoms with Crippen molar-refractivity contribution in [2.75, 3.05) is 0 Å². The monoisotopic (exact) mass is 269 g/mol. The summed E-state index contributed by atoms with van der Waals surface area (Å²) in [4.78, 5) is 10.2. The average molecular weight is 269 g/mol. The summed E-state index contributed by atoms with van der Waals surface area (Å²) in [6.07, 6.45) is 0. The van der Waals surface area contributed by atoms with Crippen molar-refractivity contribution in [3.05, 3.63) is 27.8 Å². The molecule has 9 heteroatoms. The normalized spacial score (nSPS) is 9.50. The van der Waals surface area contributed by atoms with Gasteiger partial charge in [-0.1, -0.05) is 0 Å². The van der Waals surface area contributed by atoms with Crippen LogP contribution in [0.1, 0.15) is 12.9 Å². The molecular weight excluding hydrogens is 265 g/mol. The van der Waals surface area contributed by atoms with Crippen molar-refractivity contribution in [3.8, 4) is 12.1 Å². The second-order valence-corrected chi connectivity index (χ2v) is 3.61. The molecule has 18 heavy (non-hydrogen) atoms. The summed E-state index contributed by atoms with van der Waals surface area (Å²) < 4.78 is 7.72. The summed E-state index contributed by atoms with van der Waals surface area (Å²) in [5.74, 6) is -0.998. The van der Waals surface area contributed by atoms with Crippen LogP contribution in [0.2, 0.25) is 0 Å². The molecule has 0 radical (unpaired) electrons. The van der Waals surface area contributed by atoms with Gasteiger partial charge in [0.15, 0.2) is 11.4 Å². The molecule has 0 saturated heterocycles. The fourth-order valence-electron chi connectivity index (χ4n) is 1.42. The molecule has 0 fully saturated rings. The maximum atomic E-state index is 10.7. The molecule has 0 spiro atoms. The molecule has 2 aromatic rings. The van der Waals surface area contributed by atoms with Crippen molar-refractivity contribution in [1.29, 1.82) is 10.5 Å². The van der Waals surface area contributed by atoms with E-state index in [1.165, 1.54) is 12.1 Å². The fraction of sp³-hybridized carbons (Fsp3) is 0.111. The van der Waals surface area contributed by atoms with Gasteiger partial charge < -0.3 is 1.43 Å². The van der Waals surface area contributed by atoms with Crippen LogP contribution < -0.4 is 29.6 Å². The van der Waals surface area contributed by atoms with Crippen molar-refractivity contribution < 1.29 is 35.9 Å². The van der Waals surface area contributed by atoms with Crippen LogP contribution in [-0.2, 0) is 0 Å². The SMILES string of the molecule is N#CC(C#N)c1ccc([N+](=O)[O-])c2nsnc12.[H-].[Na+]. The summed E-state index contributed by atoms with van der Waals surface area (Å²) in [7, 11) is 0. The molecule has 0 unspecified atom stereocenters. The molecule has 1 aromatic heterocycles. The van der Waals surface area contributed by atoms with Crippen LogP contribution in [-0.4, -0.2) is 13.7 Å². The standard InChI is InChI=1S/C9H3N5O2S.Na.H/c10-3-5(4-11)6-1-2-7(14(15)16)9-8(6)12-17-13-9;;/h1-2,5H;;/q;+1;-1. The molecule has 0 aliphatic rings. The van der Waals surface area contributed by atoms with Crippen LogP contribution >= 0.6 is 11.7 Å². The number of nitrogens with zero attached hydrogens (tertiary/aromatic N) is 5. The van der Waals surface area contributed by atoms with Crippen molar-refractivity contribution in [2.24, 2.45) is 0 Å². The van der Waals surface area contributed by atoms with E-state index < -0.39 is 10.8 Å². The predicted molar refractivity (Wildman–Crippen MR) is 59.1 cm³/mol. The molecule has 0 aliphatic carbocycles. The molecule has 2 rings (SSSR count). The Hall–Kier alpha value is -1.58. The first-order valence-corrected chi connectivity index (χ1v) is 5.11. The number of nitriles is 2. The first kappa shape index (κ1) is 14.5. The number of hydrogen-bond acceptors (Lipinski definition) is 7. The molecule has 1 heterocycles. The first-order chi connectivity index (χ1) is 8.19. The summed E-state index contributed by atoms with van der Waals surface area (Å²) in [5, 5.41) is 28.4. The van der Waals surface area contributed by atoms with Gasteiger partial charge in [0.1, 0.15) is 5.52 Å². The van der Waals surface area contributed by atoms with Gasteiger partial charge in [-0.2, -0.15) is 19.3 Å². The third-order valence-electron chi connectivity index (χ3n) is 2.19. The zero-order valence-electron chi connectivity index (χ0n) is 10.2. The Kier molecular flexibility index (Phi) is 4.70. The van der Waals surface area contributed by atoms with E-state index in [0.29, 0.717) is 5.56 Å². The summed E-state index contributed by atoms with van der Waals surface area (Å²) >= 11 is 0.814. The number of nitro benzene ring substituents is 1. The Labute approximate surface area is 129 Å². The number of hydrogen-bond donors (Lipinski definition) is 0. The Morgan fingerprint density at radius 2 is 1.94 bits per heavy atom. The molecular formula is C9H4N5NaO2S. The number of benzene rings is 1. The van der Waals surface area contributed by atoms with Crippen molar-refractivity contribution in [1.82, 2.24) is 8.75 Å². The number of nitro groups is 1. The van der Waals surface area contributed by atoms with Crippen LogP contribution in [0.3, 0.4) is 0 Å². The van der Waals surface area contributed by atoms with Gasteiger partial charge in [0.05, 0.1) is 28.8 Å². The second-order valence-electron chi connectivity index (χ2n) is 3.08. The van der Waals surface area contributed by atoms with Gasteiger partial charge in [0.2, 0.25) is 0 Å². The quantitative estimate of drug-likeness (QED) is 0.386.